The molecule has 2 fully saturated rings. The molecule has 1 unspecified atom stereocenters. The molecule has 2 aliphatic carbocycles. The molecule has 2 aliphatic rings. The van der Waals surface area contributed by atoms with E-state index in [4.69, 9.17) is 0 Å². The quantitative estimate of drug-likeness (QED) is 0.720. The molecule has 1 aromatic carbocycles. The average Bonchev–Trinajstić information content (AvgIpc) is 2.87. The Kier molecular flexibility index (Phi) is 4.69. The Morgan fingerprint density at radius 2 is 1.86 bits per heavy atom. The highest BCUT2D eigenvalue weighted by molar-refractivity contribution is 5.35. The summed E-state index contributed by atoms with van der Waals surface area (Å²) in [7, 11) is 0. The van der Waals surface area contributed by atoms with E-state index in [-0.39, 0.29) is 0 Å². The Morgan fingerprint density at radius 3 is 2.48 bits per heavy atom. The monoisotopic (exact) mass is 285 g/mol. The number of benzene rings is 1. The van der Waals surface area contributed by atoms with Gasteiger partial charge in [-0.3, -0.25) is 0 Å². The van der Waals surface area contributed by atoms with Gasteiger partial charge in [-0.05, 0) is 61.1 Å². The van der Waals surface area contributed by atoms with Gasteiger partial charge in [0.15, 0.2) is 0 Å². The summed E-state index contributed by atoms with van der Waals surface area (Å²) < 4.78 is 0. The zero-order chi connectivity index (χ0) is 14.7. The van der Waals surface area contributed by atoms with Crippen molar-refractivity contribution in [2.45, 2.75) is 77.2 Å². The van der Waals surface area contributed by atoms with E-state index in [0.717, 1.165) is 12.5 Å². The summed E-state index contributed by atoms with van der Waals surface area (Å²) in [5.74, 6) is 0.831. The highest BCUT2D eigenvalue weighted by Gasteiger charge is 2.39. The molecule has 2 saturated carbocycles. The van der Waals surface area contributed by atoms with Crippen LogP contribution in [0.3, 0.4) is 0 Å². The highest BCUT2D eigenvalue weighted by atomic mass is 14.9. The summed E-state index contributed by atoms with van der Waals surface area (Å²) in [4.78, 5) is 0. The third-order valence-corrected chi connectivity index (χ3v) is 5.89. The third-order valence-electron chi connectivity index (χ3n) is 5.89. The van der Waals surface area contributed by atoms with E-state index in [0.29, 0.717) is 11.5 Å². The van der Waals surface area contributed by atoms with Crippen LogP contribution in [0.2, 0.25) is 0 Å². The summed E-state index contributed by atoms with van der Waals surface area (Å²) in [5, 5.41) is 3.91. The number of nitrogens with one attached hydrogen (secondary N) is 1. The van der Waals surface area contributed by atoms with Gasteiger partial charge in [0.2, 0.25) is 0 Å². The molecule has 21 heavy (non-hydrogen) atoms. The first kappa shape index (κ1) is 15.1. The Balaban J connectivity index is 1.91. The molecule has 0 spiro atoms. The molecule has 1 N–H and O–H groups in total. The Bertz CT molecular complexity index is 455. The van der Waals surface area contributed by atoms with Gasteiger partial charge in [-0.15, -0.1) is 0 Å². The Morgan fingerprint density at radius 1 is 1.14 bits per heavy atom. The molecule has 0 saturated heterocycles. The highest BCUT2D eigenvalue weighted by Crippen LogP contribution is 2.50. The van der Waals surface area contributed by atoms with Crippen molar-refractivity contribution in [2.24, 2.45) is 5.41 Å². The van der Waals surface area contributed by atoms with Crippen molar-refractivity contribution >= 4 is 0 Å². The van der Waals surface area contributed by atoms with Crippen LogP contribution in [0.1, 0.15) is 88.3 Å². The Hall–Kier alpha value is -0.820. The number of rotatable bonds is 6. The van der Waals surface area contributed by atoms with Crippen LogP contribution >= 0.6 is 0 Å². The van der Waals surface area contributed by atoms with E-state index < -0.39 is 0 Å². The van der Waals surface area contributed by atoms with E-state index in [1.165, 1.54) is 51.4 Å². The van der Waals surface area contributed by atoms with Gasteiger partial charge in [0.25, 0.3) is 0 Å². The van der Waals surface area contributed by atoms with Crippen molar-refractivity contribution < 1.29 is 0 Å². The van der Waals surface area contributed by atoms with Gasteiger partial charge in [0.1, 0.15) is 0 Å². The van der Waals surface area contributed by atoms with Gasteiger partial charge in [0.05, 0.1) is 0 Å². The normalized spacial score (nSPS) is 23.0. The van der Waals surface area contributed by atoms with Gasteiger partial charge in [0, 0.05) is 6.04 Å². The standard InChI is InChI=1S/C20H31N/c1-3-15-21-19(20(2)13-6-7-14-20)18-12-5-4-11-17(18)16-9-8-10-16/h4-5,11-12,16,19,21H,3,6-10,13-15H2,1-2H3. The second-order valence-corrected chi connectivity index (χ2v) is 7.51. The lowest BCUT2D eigenvalue weighted by Gasteiger charge is -2.39. The van der Waals surface area contributed by atoms with Gasteiger partial charge in [-0.25, -0.2) is 0 Å². The summed E-state index contributed by atoms with van der Waals surface area (Å²) >= 11 is 0. The summed E-state index contributed by atoms with van der Waals surface area (Å²) in [5.41, 5.74) is 3.71. The predicted molar refractivity (Wildman–Crippen MR) is 90.6 cm³/mol. The molecular formula is C20H31N. The molecular weight excluding hydrogens is 254 g/mol. The minimum atomic E-state index is 0.453. The SMILES string of the molecule is CCCNC(c1ccccc1C1CCC1)C1(C)CCCC1. The number of hydrogen-bond donors (Lipinski definition) is 1. The second-order valence-electron chi connectivity index (χ2n) is 7.51. The largest absolute Gasteiger partial charge is 0.309 e. The molecule has 0 heterocycles. The molecule has 1 aromatic rings. The van der Waals surface area contributed by atoms with Crippen LogP contribution < -0.4 is 5.32 Å². The van der Waals surface area contributed by atoms with Crippen LogP contribution in [0.15, 0.2) is 24.3 Å². The van der Waals surface area contributed by atoms with E-state index in [2.05, 4.69) is 43.4 Å². The molecule has 3 rings (SSSR count). The maximum Gasteiger partial charge on any atom is 0.0377 e. The molecule has 0 aromatic heterocycles. The lowest BCUT2D eigenvalue weighted by atomic mass is 9.71. The van der Waals surface area contributed by atoms with E-state index in [9.17, 15) is 0 Å². The molecule has 0 amide bonds. The molecule has 1 nitrogen and oxygen atoms in total. The van der Waals surface area contributed by atoms with E-state index in [1.54, 1.807) is 11.1 Å². The third kappa shape index (κ3) is 3.04. The van der Waals surface area contributed by atoms with Crippen molar-refractivity contribution in [3.8, 4) is 0 Å². The molecule has 0 aliphatic heterocycles. The second kappa shape index (κ2) is 6.52. The zero-order valence-corrected chi connectivity index (χ0v) is 13.8. The molecule has 0 radical (unpaired) electrons. The maximum atomic E-state index is 3.91. The van der Waals surface area contributed by atoms with Crippen molar-refractivity contribution in [3.63, 3.8) is 0 Å². The fourth-order valence-electron chi connectivity index (χ4n) is 4.36. The van der Waals surface area contributed by atoms with Crippen molar-refractivity contribution in [3.05, 3.63) is 35.4 Å². The van der Waals surface area contributed by atoms with Gasteiger partial charge >= 0.3 is 0 Å². The summed E-state index contributed by atoms with van der Waals surface area (Å²) in [6, 6.07) is 9.85. The smallest absolute Gasteiger partial charge is 0.0377 e. The zero-order valence-electron chi connectivity index (χ0n) is 13.8. The van der Waals surface area contributed by atoms with Crippen molar-refractivity contribution in [1.29, 1.82) is 0 Å². The van der Waals surface area contributed by atoms with Gasteiger partial charge < -0.3 is 5.32 Å². The average molecular weight is 285 g/mol. The first-order chi connectivity index (χ1) is 10.2. The number of hydrogen-bond acceptors (Lipinski definition) is 1. The molecule has 116 valence electrons. The van der Waals surface area contributed by atoms with Crippen LogP contribution in [-0.4, -0.2) is 6.54 Å². The Labute approximate surface area is 130 Å². The van der Waals surface area contributed by atoms with Crippen LogP contribution in [0.4, 0.5) is 0 Å². The first-order valence-electron chi connectivity index (χ1n) is 9.07. The molecule has 1 heteroatoms. The van der Waals surface area contributed by atoms with Crippen molar-refractivity contribution in [1.82, 2.24) is 5.32 Å². The fraction of sp³-hybridized carbons (Fsp3) is 0.700. The lowest BCUT2D eigenvalue weighted by Crippen LogP contribution is -2.36. The van der Waals surface area contributed by atoms with Crippen molar-refractivity contribution in [2.75, 3.05) is 6.54 Å². The van der Waals surface area contributed by atoms with Gasteiger partial charge in [-0.2, -0.15) is 0 Å². The van der Waals surface area contributed by atoms with Crippen LogP contribution in [-0.2, 0) is 0 Å². The molecule has 0 bridgehead atoms. The predicted octanol–water partition coefficient (Wildman–Crippen LogP) is 5.58. The topological polar surface area (TPSA) is 12.0 Å². The fourth-order valence-corrected chi connectivity index (χ4v) is 4.36. The minimum absolute atomic E-state index is 0.453. The van der Waals surface area contributed by atoms with Crippen LogP contribution in [0, 0.1) is 5.41 Å². The summed E-state index contributed by atoms with van der Waals surface area (Å²) in [6.45, 7) is 5.93. The van der Waals surface area contributed by atoms with E-state index in [1.807, 2.05) is 0 Å². The minimum Gasteiger partial charge on any atom is -0.309 e. The lowest BCUT2D eigenvalue weighted by molar-refractivity contribution is 0.221. The first-order valence-corrected chi connectivity index (χ1v) is 9.07. The van der Waals surface area contributed by atoms with E-state index >= 15 is 0 Å². The van der Waals surface area contributed by atoms with Crippen LogP contribution in [0.5, 0.6) is 0 Å². The summed E-state index contributed by atoms with van der Waals surface area (Å²) in [6.07, 6.45) is 11.0. The van der Waals surface area contributed by atoms with Crippen LogP contribution in [0.25, 0.3) is 0 Å². The maximum absolute atomic E-state index is 3.91. The molecule has 1 atom stereocenters. The van der Waals surface area contributed by atoms with Gasteiger partial charge in [-0.1, -0.05) is 57.4 Å².